The lowest BCUT2D eigenvalue weighted by Gasteiger charge is -2.36. The quantitative estimate of drug-likeness (QED) is 0.0920. The zero-order chi connectivity index (χ0) is 32.1. The van der Waals surface area contributed by atoms with Crippen molar-refractivity contribution in [3.05, 3.63) is 119 Å². The molecule has 1 aliphatic rings. The first-order chi connectivity index (χ1) is 22.5. The number of hydrogen-bond acceptors (Lipinski definition) is 7. The molecule has 5 rings (SSSR count). The van der Waals surface area contributed by atoms with E-state index in [9.17, 15) is 14.7 Å². The Balaban J connectivity index is 1.26. The summed E-state index contributed by atoms with van der Waals surface area (Å²) in [6.07, 6.45) is 4.20. The Hall–Kier alpha value is -4.02. The number of rotatable bonds is 15. The average molecular weight is 641 g/mol. The maximum Gasteiger partial charge on any atom is 0.303 e. The van der Waals surface area contributed by atoms with Gasteiger partial charge in [0.15, 0.2) is 6.29 Å². The number of aliphatic hydroxyl groups is 1. The van der Waals surface area contributed by atoms with Crippen LogP contribution in [-0.2, 0) is 32.2 Å². The fraction of sp³-hybridized carbons (Fsp3) is 0.324. The second-order valence-electron chi connectivity index (χ2n) is 11.4. The monoisotopic (exact) mass is 640 g/mol. The predicted octanol–water partition coefficient (Wildman–Crippen LogP) is 7.23. The summed E-state index contributed by atoms with van der Waals surface area (Å²) >= 11 is 1.67. The molecule has 1 amide bonds. The minimum Gasteiger partial charge on any atom is -0.481 e. The summed E-state index contributed by atoms with van der Waals surface area (Å²) in [4.78, 5) is 27.4. The second-order valence-corrected chi connectivity index (χ2v) is 12.4. The molecule has 4 aromatic rings. The van der Waals surface area contributed by atoms with Crippen molar-refractivity contribution < 1.29 is 29.3 Å². The molecule has 0 unspecified atom stereocenters. The maximum atomic E-state index is 12.3. The van der Waals surface area contributed by atoms with Gasteiger partial charge in [-0.2, -0.15) is 0 Å². The van der Waals surface area contributed by atoms with Gasteiger partial charge in [-0.25, -0.2) is 4.98 Å². The van der Waals surface area contributed by atoms with Crippen molar-refractivity contribution in [1.29, 1.82) is 0 Å². The minimum absolute atomic E-state index is 0.00255. The second kappa shape index (κ2) is 17.1. The number of hydrogen-bond donors (Lipinski definition) is 3. The van der Waals surface area contributed by atoms with Gasteiger partial charge in [0, 0.05) is 43.3 Å². The number of nitrogens with one attached hydrogen (secondary N) is 1. The number of pyridine rings is 1. The topological polar surface area (TPSA) is 118 Å². The normalized spacial score (nSPS) is 17.8. The number of carbonyl (C=O) groups excluding carboxylic acids is 1. The molecule has 9 heteroatoms. The first-order valence-electron chi connectivity index (χ1n) is 15.7. The van der Waals surface area contributed by atoms with E-state index in [-0.39, 0.29) is 31.1 Å². The first kappa shape index (κ1) is 33.3. The molecular weight excluding hydrogens is 600 g/mol. The van der Waals surface area contributed by atoms with E-state index in [1.165, 1.54) is 0 Å². The maximum absolute atomic E-state index is 12.3. The highest BCUT2D eigenvalue weighted by Gasteiger charge is 2.32. The van der Waals surface area contributed by atoms with Gasteiger partial charge in [0.1, 0.15) is 0 Å². The van der Waals surface area contributed by atoms with Gasteiger partial charge in [-0.15, -0.1) is 11.8 Å². The van der Waals surface area contributed by atoms with E-state index in [2.05, 4.69) is 28.5 Å². The Morgan fingerprint density at radius 1 is 0.826 bits per heavy atom. The number of nitrogens with zero attached hydrogens (tertiary/aromatic N) is 1. The standard InChI is InChI=1S/C37H40N2O6S/c40-24-26-15-17-28(18-16-26)33-22-32(25-46-35-13-4-5-19-38-35)44-37(45-33)31-11-7-10-30(21-31)29-9-6-8-27(20-29)23-39-34(41)12-2-1-3-14-36(42)43/h4-11,13,15-21,32-33,37,40H,1-3,12,14,22-25H2,(H,39,41)(H,42,43)/t32-,33+,37+/m0/s1. The van der Waals surface area contributed by atoms with Crippen LogP contribution in [0.3, 0.4) is 0 Å². The molecule has 0 bridgehead atoms. The van der Waals surface area contributed by atoms with Crippen molar-refractivity contribution in [1.82, 2.24) is 10.3 Å². The van der Waals surface area contributed by atoms with Crippen LogP contribution in [0.25, 0.3) is 11.1 Å². The van der Waals surface area contributed by atoms with Crippen molar-refractivity contribution in [3.63, 3.8) is 0 Å². The van der Waals surface area contributed by atoms with Crippen LogP contribution in [0.2, 0.25) is 0 Å². The number of aromatic nitrogens is 1. The van der Waals surface area contributed by atoms with Gasteiger partial charge in [0.25, 0.3) is 0 Å². The Bertz CT molecular complexity index is 1570. The molecule has 8 nitrogen and oxygen atoms in total. The van der Waals surface area contributed by atoms with Crippen LogP contribution < -0.4 is 5.32 Å². The smallest absolute Gasteiger partial charge is 0.303 e. The van der Waals surface area contributed by atoms with Crippen LogP contribution in [0.1, 0.15) is 73.2 Å². The fourth-order valence-corrected chi connectivity index (χ4v) is 6.27. The Morgan fingerprint density at radius 3 is 2.37 bits per heavy atom. The lowest BCUT2D eigenvalue weighted by molar-refractivity contribution is -0.245. The molecule has 0 spiro atoms. The Kier molecular flexibility index (Phi) is 12.4. The van der Waals surface area contributed by atoms with Gasteiger partial charge < -0.3 is 25.0 Å². The Morgan fingerprint density at radius 2 is 1.61 bits per heavy atom. The number of amides is 1. The summed E-state index contributed by atoms with van der Waals surface area (Å²) in [5.41, 5.74) is 5.86. The van der Waals surface area contributed by atoms with Crippen LogP contribution in [0, 0.1) is 0 Å². The van der Waals surface area contributed by atoms with Crippen molar-refractivity contribution in [3.8, 4) is 11.1 Å². The molecule has 3 N–H and O–H groups in total. The number of carbonyl (C=O) groups is 2. The van der Waals surface area contributed by atoms with Gasteiger partial charge in [0.05, 0.1) is 23.8 Å². The minimum atomic E-state index is -0.803. The number of carboxylic acid groups (broad SMARTS) is 1. The van der Waals surface area contributed by atoms with Crippen molar-refractivity contribution in [2.45, 2.75) is 75.2 Å². The highest BCUT2D eigenvalue weighted by molar-refractivity contribution is 7.99. The molecule has 240 valence electrons. The molecule has 3 aromatic carbocycles. The van der Waals surface area contributed by atoms with Crippen LogP contribution >= 0.6 is 11.8 Å². The molecule has 0 saturated carbocycles. The predicted molar refractivity (Wildman–Crippen MR) is 178 cm³/mol. The molecular formula is C37H40N2O6S. The lowest BCUT2D eigenvalue weighted by atomic mass is 9.99. The molecule has 3 atom stereocenters. The summed E-state index contributed by atoms with van der Waals surface area (Å²) in [6, 6.07) is 30.1. The number of aliphatic carboxylic acids is 1. The van der Waals surface area contributed by atoms with Gasteiger partial charge in [-0.3, -0.25) is 9.59 Å². The Labute approximate surface area is 274 Å². The van der Waals surface area contributed by atoms with Crippen molar-refractivity contribution in [2.75, 3.05) is 5.75 Å². The van der Waals surface area contributed by atoms with Crippen molar-refractivity contribution in [2.24, 2.45) is 0 Å². The SMILES string of the molecule is O=C(O)CCCCCC(=O)NCc1cccc(-c2cccc([C@@H]3O[C@H](CSc4ccccn4)C[C@H](c4ccc(CO)cc4)O3)c2)c1. The van der Waals surface area contributed by atoms with E-state index in [1.54, 1.807) is 18.0 Å². The van der Waals surface area contributed by atoms with Gasteiger partial charge >= 0.3 is 5.97 Å². The molecule has 0 aliphatic carbocycles. The average Bonchev–Trinajstić information content (AvgIpc) is 3.10. The summed E-state index contributed by atoms with van der Waals surface area (Å²) in [7, 11) is 0. The van der Waals surface area contributed by atoms with Crippen LogP contribution in [0.4, 0.5) is 0 Å². The van der Waals surface area contributed by atoms with E-state index < -0.39 is 12.3 Å². The molecule has 1 saturated heterocycles. The third kappa shape index (κ3) is 9.99. The van der Waals surface area contributed by atoms with E-state index in [0.717, 1.165) is 50.6 Å². The molecule has 2 heterocycles. The van der Waals surface area contributed by atoms with Crippen LogP contribution in [0.15, 0.2) is 102 Å². The van der Waals surface area contributed by atoms with Crippen LogP contribution in [-0.4, -0.2) is 38.9 Å². The zero-order valence-electron chi connectivity index (χ0n) is 25.7. The van der Waals surface area contributed by atoms with E-state index in [1.807, 2.05) is 72.8 Å². The number of ether oxygens (including phenoxy) is 2. The summed E-state index contributed by atoms with van der Waals surface area (Å²) in [5, 5.41) is 22.2. The summed E-state index contributed by atoms with van der Waals surface area (Å²) < 4.78 is 13.1. The van der Waals surface area contributed by atoms with E-state index in [0.29, 0.717) is 32.2 Å². The van der Waals surface area contributed by atoms with Gasteiger partial charge in [-0.1, -0.05) is 73.2 Å². The summed E-state index contributed by atoms with van der Waals surface area (Å²) in [6.45, 7) is 0.417. The molecule has 0 radical (unpaired) electrons. The molecule has 1 aromatic heterocycles. The molecule has 1 aliphatic heterocycles. The number of unbranched alkanes of at least 4 members (excludes halogenated alkanes) is 2. The number of benzene rings is 3. The highest BCUT2D eigenvalue weighted by Crippen LogP contribution is 2.40. The number of aliphatic hydroxyl groups excluding tert-OH is 1. The number of carboxylic acids is 1. The van der Waals surface area contributed by atoms with Gasteiger partial charge in [-0.05, 0) is 64.9 Å². The fourth-order valence-electron chi connectivity index (χ4n) is 5.39. The van der Waals surface area contributed by atoms with Crippen LogP contribution in [0.5, 0.6) is 0 Å². The largest absolute Gasteiger partial charge is 0.481 e. The number of thioether (sulfide) groups is 1. The van der Waals surface area contributed by atoms with E-state index >= 15 is 0 Å². The third-order valence-corrected chi connectivity index (χ3v) is 8.95. The summed E-state index contributed by atoms with van der Waals surface area (Å²) in [5.74, 6) is -0.105. The molecule has 46 heavy (non-hydrogen) atoms. The highest BCUT2D eigenvalue weighted by atomic mass is 32.2. The molecule has 1 fully saturated rings. The first-order valence-corrected chi connectivity index (χ1v) is 16.7. The van der Waals surface area contributed by atoms with E-state index in [4.69, 9.17) is 14.6 Å². The zero-order valence-corrected chi connectivity index (χ0v) is 26.5. The third-order valence-electron chi connectivity index (χ3n) is 7.87. The van der Waals surface area contributed by atoms with Gasteiger partial charge in [0.2, 0.25) is 5.91 Å². The van der Waals surface area contributed by atoms with Crippen molar-refractivity contribution >= 4 is 23.6 Å². The lowest BCUT2D eigenvalue weighted by Crippen LogP contribution is -2.31.